The van der Waals surface area contributed by atoms with Crippen LogP contribution in [0.5, 0.6) is 0 Å². The number of nitrogens with two attached hydrogens (primary N) is 1. The number of amides is 2. The molecule has 20 heavy (non-hydrogen) atoms. The van der Waals surface area contributed by atoms with Crippen LogP contribution in [0, 0.1) is 0 Å². The summed E-state index contributed by atoms with van der Waals surface area (Å²) in [5.74, 6) is -0.865. The van der Waals surface area contributed by atoms with E-state index in [-0.39, 0.29) is 18.0 Å². The lowest BCUT2D eigenvalue weighted by atomic mass is 10.1. The summed E-state index contributed by atoms with van der Waals surface area (Å²) < 4.78 is 0. The van der Waals surface area contributed by atoms with Crippen molar-refractivity contribution in [2.24, 2.45) is 5.73 Å². The number of nitrogens with one attached hydrogen (secondary N) is 1. The molecule has 0 saturated heterocycles. The van der Waals surface area contributed by atoms with Gasteiger partial charge in [0.15, 0.2) is 0 Å². The summed E-state index contributed by atoms with van der Waals surface area (Å²) in [5.41, 5.74) is 5.03. The lowest BCUT2D eigenvalue weighted by molar-refractivity contribution is -0.117. The van der Waals surface area contributed by atoms with Gasteiger partial charge in [-0.1, -0.05) is 12.1 Å². The standard InChI is InChI=1S/C14H21N3O3/c1-14(2,20)9-17(3)8-12(18)16-11-7-5-4-6-10(11)13(15)19/h4-7,20H,8-9H2,1-3H3,(H2,15,19)(H,16,18). The SMILES string of the molecule is CN(CC(=O)Nc1ccccc1C(N)=O)CC(C)(C)O. The first-order valence-electron chi connectivity index (χ1n) is 6.28. The molecule has 0 aliphatic carbocycles. The van der Waals surface area contributed by atoms with Gasteiger partial charge >= 0.3 is 0 Å². The molecule has 0 aliphatic rings. The van der Waals surface area contributed by atoms with Crippen LogP contribution in [-0.4, -0.2) is 47.6 Å². The molecule has 0 radical (unpaired) electrons. The molecule has 110 valence electrons. The summed E-state index contributed by atoms with van der Waals surface area (Å²) in [4.78, 5) is 24.8. The summed E-state index contributed by atoms with van der Waals surface area (Å²) in [6, 6.07) is 6.56. The quantitative estimate of drug-likeness (QED) is 0.703. The first-order valence-corrected chi connectivity index (χ1v) is 6.28. The number of primary amides is 1. The second-order valence-corrected chi connectivity index (χ2v) is 5.44. The van der Waals surface area contributed by atoms with Gasteiger partial charge in [0.1, 0.15) is 0 Å². The number of carbonyl (C=O) groups is 2. The predicted octanol–water partition coefficient (Wildman–Crippen LogP) is 0.427. The van der Waals surface area contributed by atoms with Crippen LogP contribution in [0.4, 0.5) is 5.69 Å². The van der Waals surface area contributed by atoms with Crippen molar-refractivity contribution in [2.45, 2.75) is 19.4 Å². The molecule has 6 nitrogen and oxygen atoms in total. The second-order valence-electron chi connectivity index (χ2n) is 5.44. The Balaban J connectivity index is 2.66. The molecule has 0 fully saturated rings. The molecule has 1 aromatic carbocycles. The van der Waals surface area contributed by atoms with E-state index in [1.54, 1.807) is 50.1 Å². The van der Waals surface area contributed by atoms with Gasteiger partial charge in [0.25, 0.3) is 5.91 Å². The average molecular weight is 279 g/mol. The average Bonchev–Trinajstić information content (AvgIpc) is 2.26. The van der Waals surface area contributed by atoms with E-state index in [9.17, 15) is 14.7 Å². The molecule has 0 unspecified atom stereocenters. The fraction of sp³-hybridized carbons (Fsp3) is 0.429. The molecule has 0 atom stereocenters. The van der Waals surface area contributed by atoms with Crippen LogP contribution in [0.2, 0.25) is 0 Å². The predicted molar refractivity (Wildman–Crippen MR) is 77.4 cm³/mol. The third-order valence-electron chi connectivity index (χ3n) is 2.54. The number of rotatable bonds is 6. The van der Waals surface area contributed by atoms with Crippen molar-refractivity contribution in [1.29, 1.82) is 0 Å². The third-order valence-corrected chi connectivity index (χ3v) is 2.54. The van der Waals surface area contributed by atoms with Gasteiger partial charge in [0, 0.05) is 6.54 Å². The van der Waals surface area contributed by atoms with E-state index in [1.165, 1.54) is 0 Å². The minimum atomic E-state index is -0.875. The summed E-state index contributed by atoms with van der Waals surface area (Å²) in [7, 11) is 1.73. The van der Waals surface area contributed by atoms with Gasteiger partial charge in [-0.2, -0.15) is 0 Å². The number of nitrogens with zero attached hydrogens (tertiary/aromatic N) is 1. The van der Waals surface area contributed by atoms with E-state index in [0.717, 1.165) is 0 Å². The van der Waals surface area contributed by atoms with Crippen LogP contribution in [-0.2, 0) is 4.79 Å². The lowest BCUT2D eigenvalue weighted by Crippen LogP contribution is -2.40. The maximum atomic E-state index is 11.9. The zero-order valence-corrected chi connectivity index (χ0v) is 12.0. The highest BCUT2D eigenvalue weighted by molar-refractivity contribution is 6.03. The van der Waals surface area contributed by atoms with Crippen LogP contribution in [0.1, 0.15) is 24.2 Å². The Labute approximate surface area is 118 Å². The fourth-order valence-corrected chi connectivity index (χ4v) is 1.96. The summed E-state index contributed by atoms with van der Waals surface area (Å²) in [5, 5.41) is 12.3. The fourth-order valence-electron chi connectivity index (χ4n) is 1.96. The molecule has 0 aromatic heterocycles. The molecule has 0 spiro atoms. The molecule has 0 bridgehead atoms. The summed E-state index contributed by atoms with van der Waals surface area (Å²) in [6.07, 6.45) is 0. The van der Waals surface area contributed by atoms with E-state index in [1.807, 2.05) is 0 Å². The monoisotopic (exact) mass is 279 g/mol. The molecule has 1 rings (SSSR count). The van der Waals surface area contributed by atoms with Gasteiger partial charge in [0.2, 0.25) is 5.91 Å². The number of aliphatic hydroxyl groups is 1. The first kappa shape index (κ1) is 16.1. The van der Waals surface area contributed by atoms with E-state index >= 15 is 0 Å². The van der Waals surface area contributed by atoms with Crippen molar-refractivity contribution < 1.29 is 14.7 Å². The second kappa shape index (κ2) is 6.49. The van der Waals surface area contributed by atoms with E-state index in [2.05, 4.69) is 5.32 Å². The van der Waals surface area contributed by atoms with E-state index in [0.29, 0.717) is 12.2 Å². The van der Waals surface area contributed by atoms with Crippen molar-refractivity contribution >= 4 is 17.5 Å². The van der Waals surface area contributed by atoms with Crippen LogP contribution in [0.25, 0.3) is 0 Å². The summed E-state index contributed by atoms with van der Waals surface area (Å²) >= 11 is 0. The van der Waals surface area contributed by atoms with E-state index < -0.39 is 11.5 Å². The van der Waals surface area contributed by atoms with Gasteiger partial charge < -0.3 is 16.2 Å². The van der Waals surface area contributed by atoms with Crippen molar-refractivity contribution in [3.63, 3.8) is 0 Å². The zero-order chi connectivity index (χ0) is 15.3. The van der Waals surface area contributed by atoms with Gasteiger partial charge in [0.05, 0.1) is 23.4 Å². The number of benzene rings is 1. The van der Waals surface area contributed by atoms with Crippen LogP contribution in [0.3, 0.4) is 0 Å². The van der Waals surface area contributed by atoms with Gasteiger partial charge in [-0.3, -0.25) is 14.5 Å². The highest BCUT2D eigenvalue weighted by Gasteiger charge is 2.18. The number of para-hydroxylation sites is 1. The molecule has 1 aromatic rings. The van der Waals surface area contributed by atoms with Crippen LogP contribution >= 0.6 is 0 Å². The van der Waals surface area contributed by atoms with Crippen molar-refractivity contribution in [3.8, 4) is 0 Å². The minimum Gasteiger partial charge on any atom is -0.389 e. The Kier molecular flexibility index (Phi) is 5.24. The molecule has 2 amide bonds. The molecule has 6 heteroatoms. The number of hydrogen-bond donors (Lipinski definition) is 3. The zero-order valence-electron chi connectivity index (χ0n) is 12.0. The topological polar surface area (TPSA) is 95.7 Å². The first-order chi connectivity index (χ1) is 9.19. The maximum Gasteiger partial charge on any atom is 0.250 e. The third kappa shape index (κ3) is 5.38. The van der Waals surface area contributed by atoms with Crippen LogP contribution in [0.15, 0.2) is 24.3 Å². The molecule has 0 saturated carbocycles. The Bertz CT molecular complexity index is 495. The Morgan fingerprint density at radius 2 is 1.95 bits per heavy atom. The van der Waals surface area contributed by atoms with Crippen molar-refractivity contribution in [2.75, 3.05) is 25.5 Å². The largest absolute Gasteiger partial charge is 0.389 e. The number of likely N-dealkylation sites (N-methyl/N-ethyl adjacent to an activating group) is 1. The lowest BCUT2D eigenvalue weighted by Gasteiger charge is -2.24. The molecular formula is C14H21N3O3. The highest BCUT2D eigenvalue weighted by Crippen LogP contribution is 2.14. The normalized spacial score (nSPS) is 11.4. The maximum absolute atomic E-state index is 11.9. The van der Waals surface area contributed by atoms with Crippen molar-refractivity contribution in [3.05, 3.63) is 29.8 Å². The van der Waals surface area contributed by atoms with Gasteiger partial charge in [-0.05, 0) is 33.0 Å². The van der Waals surface area contributed by atoms with Crippen LogP contribution < -0.4 is 11.1 Å². The van der Waals surface area contributed by atoms with Gasteiger partial charge in [-0.15, -0.1) is 0 Å². The Morgan fingerprint density at radius 3 is 2.50 bits per heavy atom. The van der Waals surface area contributed by atoms with Gasteiger partial charge in [-0.25, -0.2) is 0 Å². The molecule has 4 N–H and O–H groups in total. The Morgan fingerprint density at radius 1 is 1.35 bits per heavy atom. The number of anilines is 1. The summed E-state index contributed by atoms with van der Waals surface area (Å²) in [6.45, 7) is 3.81. The molecule has 0 heterocycles. The minimum absolute atomic E-state index is 0.108. The molecular weight excluding hydrogens is 258 g/mol. The number of carbonyl (C=O) groups excluding carboxylic acids is 2. The van der Waals surface area contributed by atoms with Crippen molar-refractivity contribution in [1.82, 2.24) is 4.90 Å². The molecule has 0 aliphatic heterocycles. The highest BCUT2D eigenvalue weighted by atomic mass is 16.3. The number of hydrogen-bond acceptors (Lipinski definition) is 4. The Hall–Kier alpha value is -1.92. The smallest absolute Gasteiger partial charge is 0.250 e. The van der Waals surface area contributed by atoms with E-state index in [4.69, 9.17) is 5.73 Å².